The summed E-state index contributed by atoms with van der Waals surface area (Å²) in [6.45, 7) is 2.08. The molecule has 1 aliphatic heterocycles. The van der Waals surface area contributed by atoms with Crippen molar-refractivity contribution in [2.24, 2.45) is 11.8 Å². The molecule has 8 nitrogen and oxygen atoms in total. The van der Waals surface area contributed by atoms with E-state index in [0.717, 1.165) is 0 Å². The van der Waals surface area contributed by atoms with Crippen LogP contribution in [0.25, 0.3) is 11.5 Å². The van der Waals surface area contributed by atoms with Crippen molar-refractivity contribution >= 4 is 11.4 Å². The summed E-state index contributed by atoms with van der Waals surface area (Å²) in [5.41, 5.74) is 0.870. The van der Waals surface area contributed by atoms with Gasteiger partial charge in [0.05, 0.1) is 17.5 Å². The van der Waals surface area contributed by atoms with Crippen molar-refractivity contribution in [1.29, 1.82) is 0 Å². The van der Waals surface area contributed by atoms with Gasteiger partial charge >= 0.3 is 0 Å². The molecule has 2 fully saturated rings. The SMILES string of the molecule is Cc1c(C(=O)N2CC3CC(F)(F)C3C2)cnn1-c1nn2cccc2c(=O)[nH]1. The van der Waals surface area contributed by atoms with Crippen LogP contribution in [0.5, 0.6) is 0 Å². The number of carbonyl (C=O) groups excluding carboxylic acids is 1. The number of aromatic amines is 1. The van der Waals surface area contributed by atoms with Crippen molar-refractivity contribution < 1.29 is 13.6 Å². The summed E-state index contributed by atoms with van der Waals surface area (Å²) < 4.78 is 30.0. The number of rotatable bonds is 2. The number of carbonyl (C=O) groups is 1. The summed E-state index contributed by atoms with van der Waals surface area (Å²) in [4.78, 5) is 29.0. The lowest BCUT2D eigenvalue weighted by Gasteiger charge is -2.38. The normalized spacial score (nSPS) is 23.4. The molecule has 2 unspecified atom stereocenters. The monoisotopic (exact) mass is 374 g/mol. The molecule has 1 amide bonds. The number of alkyl halides is 2. The zero-order valence-corrected chi connectivity index (χ0v) is 14.4. The Kier molecular flexibility index (Phi) is 3.14. The fourth-order valence-electron chi connectivity index (χ4n) is 4.09. The van der Waals surface area contributed by atoms with Crippen LogP contribution in [0.15, 0.2) is 29.3 Å². The minimum absolute atomic E-state index is 0.0610. The molecule has 1 saturated heterocycles. The van der Waals surface area contributed by atoms with Crippen LogP contribution < -0.4 is 5.56 Å². The number of likely N-dealkylation sites (tertiary alicyclic amines) is 1. The number of H-pyrrole nitrogens is 1. The first-order chi connectivity index (χ1) is 12.8. The third-order valence-electron chi connectivity index (χ3n) is 5.63. The summed E-state index contributed by atoms with van der Waals surface area (Å²) in [5.74, 6) is -3.70. The number of hydrogen-bond donors (Lipinski definition) is 1. The summed E-state index contributed by atoms with van der Waals surface area (Å²) in [6.07, 6.45) is 2.87. The molecule has 1 aliphatic carbocycles. The number of nitrogens with one attached hydrogen (secondary N) is 1. The molecule has 1 N–H and O–H groups in total. The van der Waals surface area contributed by atoms with Gasteiger partial charge in [-0.15, -0.1) is 5.10 Å². The lowest BCUT2D eigenvalue weighted by molar-refractivity contribution is -0.152. The molecule has 0 bridgehead atoms. The molecule has 0 radical (unpaired) electrons. The molecule has 2 aliphatic rings. The maximum Gasteiger partial charge on any atom is 0.276 e. The average molecular weight is 374 g/mol. The Balaban J connectivity index is 1.46. The number of nitrogens with zero attached hydrogens (tertiary/aromatic N) is 5. The first kappa shape index (κ1) is 16.2. The standard InChI is InChI=1S/C17H16F2N6O2/c1-9-11(15(27)23-7-10-5-17(18,19)12(10)8-23)6-20-25(9)16-21-14(26)13-3-2-4-24(13)22-16/h2-4,6,10,12H,5,7-8H2,1H3,(H,21,22,26). The van der Waals surface area contributed by atoms with Gasteiger partial charge in [-0.3, -0.25) is 14.6 Å². The third kappa shape index (κ3) is 2.25. The van der Waals surface area contributed by atoms with Crippen molar-refractivity contribution in [3.63, 3.8) is 0 Å². The summed E-state index contributed by atoms with van der Waals surface area (Å²) in [6, 6.07) is 3.33. The Labute approximate surface area is 151 Å². The highest BCUT2D eigenvalue weighted by atomic mass is 19.3. The second-order valence-electron chi connectivity index (χ2n) is 7.21. The van der Waals surface area contributed by atoms with Crippen LogP contribution >= 0.6 is 0 Å². The van der Waals surface area contributed by atoms with Gasteiger partial charge in [-0.25, -0.2) is 18.0 Å². The molecule has 0 spiro atoms. The minimum atomic E-state index is -2.67. The number of fused-ring (bicyclic) bond motifs is 2. The van der Waals surface area contributed by atoms with Crippen LogP contribution in [0.2, 0.25) is 0 Å². The predicted molar refractivity (Wildman–Crippen MR) is 90.1 cm³/mol. The van der Waals surface area contributed by atoms with Gasteiger partial charge in [-0.05, 0) is 25.0 Å². The Hall–Kier alpha value is -3.04. The van der Waals surface area contributed by atoms with Gasteiger partial charge in [0.15, 0.2) is 0 Å². The van der Waals surface area contributed by atoms with E-state index in [1.165, 1.54) is 20.3 Å². The molecule has 0 aromatic carbocycles. The van der Waals surface area contributed by atoms with E-state index in [-0.39, 0.29) is 36.3 Å². The average Bonchev–Trinajstić information content (AvgIpc) is 3.31. The molecule has 140 valence electrons. The van der Waals surface area contributed by atoms with Crippen LogP contribution in [-0.4, -0.2) is 54.2 Å². The maximum atomic E-state index is 13.6. The molecule has 3 aromatic heterocycles. The van der Waals surface area contributed by atoms with Gasteiger partial charge in [0.1, 0.15) is 5.52 Å². The van der Waals surface area contributed by atoms with Crippen LogP contribution in [0.3, 0.4) is 0 Å². The van der Waals surface area contributed by atoms with Gasteiger partial charge in [-0.2, -0.15) is 5.10 Å². The first-order valence-corrected chi connectivity index (χ1v) is 8.65. The predicted octanol–water partition coefficient (Wildman–Crippen LogP) is 1.24. The second kappa shape index (κ2) is 5.24. The van der Waals surface area contributed by atoms with Gasteiger partial charge in [0, 0.05) is 31.6 Å². The summed E-state index contributed by atoms with van der Waals surface area (Å²) >= 11 is 0. The third-order valence-corrected chi connectivity index (χ3v) is 5.63. The van der Waals surface area contributed by atoms with Crippen molar-refractivity contribution in [3.8, 4) is 5.95 Å². The van der Waals surface area contributed by atoms with Gasteiger partial charge < -0.3 is 4.90 Å². The van der Waals surface area contributed by atoms with Crippen molar-refractivity contribution in [1.82, 2.24) is 29.3 Å². The minimum Gasteiger partial charge on any atom is -0.338 e. The molecular formula is C17H16F2N6O2. The Bertz CT molecular complexity index is 1130. The van der Waals surface area contributed by atoms with E-state index in [1.807, 2.05) is 0 Å². The van der Waals surface area contributed by atoms with Gasteiger partial charge in [0.25, 0.3) is 17.4 Å². The largest absolute Gasteiger partial charge is 0.338 e. The Morgan fingerprint density at radius 3 is 2.93 bits per heavy atom. The molecule has 5 rings (SSSR count). The molecule has 1 saturated carbocycles. The van der Waals surface area contributed by atoms with E-state index < -0.39 is 11.8 Å². The van der Waals surface area contributed by atoms with Crippen LogP contribution in [-0.2, 0) is 0 Å². The number of halogens is 2. The maximum absolute atomic E-state index is 13.6. The molecule has 4 heterocycles. The van der Waals surface area contributed by atoms with Crippen molar-refractivity contribution in [3.05, 3.63) is 46.1 Å². The highest BCUT2D eigenvalue weighted by molar-refractivity contribution is 5.95. The lowest BCUT2D eigenvalue weighted by atomic mass is 9.72. The lowest BCUT2D eigenvalue weighted by Crippen LogP contribution is -2.46. The van der Waals surface area contributed by atoms with E-state index in [4.69, 9.17) is 0 Å². The van der Waals surface area contributed by atoms with Crippen LogP contribution in [0, 0.1) is 18.8 Å². The fraction of sp³-hybridized carbons (Fsp3) is 0.412. The topological polar surface area (TPSA) is 88.3 Å². The van der Waals surface area contributed by atoms with E-state index in [2.05, 4.69) is 15.2 Å². The van der Waals surface area contributed by atoms with E-state index in [1.54, 1.807) is 25.3 Å². The number of amides is 1. The van der Waals surface area contributed by atoms with Crippen molar-refractivity contribution in [2.75, 3.05) is 13.1 Å². The van der Waals surface area contributed by atoms with Crippen LogP contribution in [0.1, 0.15) is 22.5 Å². The van der Waals surface area contributed by atoms with E-state index in [9.17, 15) is 18.4 Å². The zero-order chi connectivity index (χ0) is 18.9. The van der Waals surface area contributed by atoms with Crippen molar-refractivity contribution in [2.45, 2.75) is 19.3 Å². The highest BCUT2D eigenvalue weighted by Gasteiger charge is 2.60. The highest BCUT2D eigenvalue weighted by Crippen LogP contribution is 2.52. The van der Waals surface area contributed by atoms with Crippen LogP contribution in [0.4, 0.5) is 8.78 Å². The summed E-state index contributed by atoms with van der Waals surface area (Å²) in [7, 11) is 0. The smallest absolute Gasteiger partial charge is 0.276 e. The summed E-state index contributed by atoms with van der Waals surface area (Å²) in [5, 5.41) is 8.46. The zero-order valence-electron chi connectivity index (χ0n) is 14.4. The number of aromatic nitrogens is 5. The Morgan fingerprint density at radius 1 is 1.37 bits per heavy atom. The molecule has 10 heteroatoms. The second-order valence-corrected chi connectivity index (χ2v) is 7.21. The van der Waals surface area contributed by atoms with E-state index in [0.29, 0.717) is 23.3 Å². The molecular weight excluding hydrogens is 358 g/mol. The first-order valence-electron chi connectivity index (χ1n) is 8.65. The van der Waals surface area contributed by atoms with Gasteiger partial charge in [-0.1, -0.05) is 0 Å². The van der Waals surface area contributed by atoms with E-state index >= 15 is 0 Å². The quantitative estimate of drug-likeness (QED) is 0.731. The molecule has 3 aromatic rings. The number of hydrogen-bond acceptors (Lipinski definition) is 4. The molecule has 27 heavy (non-hydrogen) atoms. The Morgan fingerprint density at radius 2 is 2.19 bits per heavy atom. The van der Waals surface area contributed by atoms with Gasteiger partial charge in [0.2, 0.25) is 5.95 Å². The molecule has 2 atom stereocenters. The fourth-order valence-corrected chi connectivity index (χ4v) is 4.09.